The lowest BCUT2D eigenvalue weighted by Gasteiger charge is -2.18. The van der Waals surface area contributed by atoms with Crippen molar-refractivity contribution < 1.29 is 4.79 Å². The molecule has 1 N–H and O–H groups in total. The maximum Gasteiger partial charge on any atom is 0.184 e. The predicted octanol–water partition coefficient (Wildman–Crippen LogP) is 4.44. The van der Waals surface area contributed by atoms with Crippen LogP contribution >= 0.6 is 0 Å². The van der Waals surface area contributed by atoms with Crippen molar-refractivity contribution in [2.24, 2.45) is 0 Å². The van der Waals surface area contributed by atoms with E-state index in [9.17, 15) is 4.79 Å². The molecule has 1 atom stereocenters. The quantitative estimate of drug-likeness (QED) is 0.653. The Labute approximate surface area is 143 Å². The Balaban J connectivity index is 1.74. The highest BCUT2D eigenvalue weighted by Gasteiger charge is 2.20. The highest BCUT2D eigenvalue weighted by Crippen LogP contribution is 2.18. The Bertz CT molecular complexity index is 754. The van der Waals surface area contributed by atoms with Crippen molar-refractivity contribution in [2.45, 2.75) is 12.5 Å². The minimum absolute atomic E-state index is 0.106. The molecular weight excluding hydrogens is 294 g/mol. The van der Waals surface area contributed by atoms with Gasteiger partial charge < -0.3 is 5.32 Å². The summed E-state index contributed by atoms with van der Waals surface area (Å²) in [6, 6.07) is 29.4. The van der Waals surface area contributed by atoms with Gasteiger partial charge in [0.05, 0.1) is 6.04 Å². The Morgan fingerprint density at radius 1 is 0.750 bits per heavy atom. The number of rotatable bonds is 7. The molecule has 0 aliphatic heterocycles. The molecule has 0 fully saturated rings. The van der Waals surface area contributed by atoms with Gasteiger partial charge >= 0.3 is 0 Å². The monoisotopic (exact) mass is 315 g/mol. The topological polar surface area (TPSA) is 29.1 Å². The van der Waals surface area contributed by atoms with Crippen molar-refractivity contribution in [1.29, 1.82) is 0 Å². The third-order valence-corrected chi connectivity index (χ3v) is 4.06. The number of nitrogens with one attached hydrogen (secondary N) is 1. The summed E-state index contributed by atoms with van der Waals surface area (Å²) >= 11 is 0. The first-order valence-electron chi connectivity index (χ1n) is 8.26. The fourth-order valence-electron chi connectivity index (χ4n) is 2.78. The molecule has 3 aromatic rings. The van der Waals surface area contributed by atoms with Crippen molar-refractivity contribution in [1.82, 2.24) is 5.32 Å². The standard InChI is InChI=1S/C22H21NO/c24-22(20-14-8-3-9-15-20)21(19-12-6-2-7-13-19)23-17-16-18-10-4-1-5-11-18/h1-15,21,23H,16-17H2/t21-/m1/s1. The molecular formula is C22H21NO. The molecule has 0 bridgehead atoms. The van der Waals surface area contributed by atoms with Crippen molar-refractivity contribution >= 4 is 5.78 Å². The molecule has 24 heavy (non-hydrogen) atoms. The maximum atomic E-state index is 12.9. The van der Waals surface area contributed by atoms with Crippen LogP contribution in [-0.2, 0) is 6.42 Å². The summed E-state index contributed by atoms with van der Waals surface area (Å²) in [4.78, 5) is 12.9. The summed E-state index contributed by atoms with van der Waals surface area (Å²) < 4.78 is 0. The number of carbonyl (C=O) groups excluding carboxylic acids is 1. The Hall–Kier alpha value is -2.71. The van der Waals surface area contributed by atoms with Gasteiger partial charge in [0.1, 0.15) is 0 Å². The molecule has 120 valence electrons. The van der Waals surface area contributed by atoms with Crippen LogP contribution < -0.4 is 5.32 Å². The molecule has 0 aliphatic carbocycles. The van der Waals surface area contributed by atoms with E-state index in [-0.39, 0.29) is 11.8 Å². The summed E-state index contributed by atoms with van der Waals surface area (Å²) in [6.45, 7) is 0.752. The number of Topliss-reactive ketones (excluding diaryl/α,β-unsaturated/α-hetero) is 1. The fourth-order valence-corrected chi connectivity index (χ4v) is 2.78. The highest BCUT2D eigenvalue weighted by atomic mass is 16.1. The molecule has 0 saturated carbocycles. The van der Waals surface area contributed by atoms with Crippen LogP contribution in [0.1, 0.15) is 27.5 Å². The van der Waals surface area contributed by atoms with Crippen LogP contribution in [-0.4, -0.2) is 12.3 Å². The first kappa shape index (κ1) is 16.2. The molecule has 2 nitrogen and oxygen atoms in total. The predicted molar refractivity (Wildman–Crippen MR) is 98.1 cm³/mol. The summed E-state index contributed by atoms with van der Waals surface area (Å²) in [7, 11) is 0. The van der Waals surface area contributed by atoms with Gasteiger partial charge in [-0.15, -0.1) is 0 Å². The minimum atomic E-state index is -0.322. The van der Waals surface area contributed by atoms with Gasteiger partial charge in [0.2, 0.25) is 0 Å². The molecule has 0 unspecified atom stereocenters. The van der Waals surface area contributed by atoms with Crippen LogP contribution in [0.5, 0.6) is 0 Å². The van der Waals surface area contributed by atoms with Gasteiger partial charge in [-0.1, -0.05) is 91.0 Å². The molecule has 0 spiro atoms. The fraction of sp³-hybridized carbons (Fsp3) is 0.136. The number of benzene rings is 3. The number of hydrogen-bond acceptors (Lipinski definition) is 2. The lowest BCUT2D eigenvalue weighted by atomic mass is 9.97. The molecule has 0 amide bonds. The third-order valence-electron chi connectivity index (χ3n) is 4.06. The van der Waals surface area contributed by atoms with Gasteiger partial charge in [-0.2, -0.15) is 0 Å². The van der Waals surface area contributed by atoms with Gasteiger partial charge in [-0.25, -0.2) is 0 Å². The largest absolute Gasteiger partial charge is 0.303 e. The van der Waals surface area contributed by atoms with E-state index in [1.165, 1.54) is 5.56 Å². The zero-order chi connectivity index (χ0) is 16.6. The summed E-state index contributed by atoms with van der Waals surface area (Å²) in [5.74, 6) is 0.106. The van der Waals surface area contributed by atoms with Crippen LogP contribution in [0.15, 0.2) is 91.0 Å². The van der Waals surface area contributed by atoms with Crippen LogP contribution in [0, 0.1) is 0 Å². The number of hydrogen-bond donors (Lipinski definition) is 1. The van der Waals surface area contributed by atoms with Crippen LogP contribution in [0.4, 0.5) is 0 Å². The summed E-state index contributed by atoms with van der Waals surface area (Å²) in [5.41, 5.74) is 3.00. The van der Waals surface area contributed by atoms with E-state index in [1.807, 2.05) is 78.9 Å². The SMILES string of the molecule is O=C(c1ccccc1)[C@H](NCCc1ccccc1)c1ccccc1. The second-order valence-corrected chi connectivity index (χ2v) is 5.76. The van der Waals surface area contributed by atoms with Gasteiger partial charge in [0, 0.05) is 12.1 Å². The van der Waals surface area contributed by atoms with Crippen LogP contribution in [0.25, 0.3) is 0 Å². The van der Waals surface area contributed by atoms with E-state index in [0.29, 0.717) is 0 Å². The van der Waals surface area contributed by atoms with E-state index in [4.69, 9.17) is 0 Å². The van der Waals surface area contributed by atoms with Gasteiger partial charge in [-0.05, 0) is 17.5 Å². The molecule has 2 heteroatoms. The maximum absolute atomic E-state index is 12.9. The Morgan fingerprint density at radius 2 is 1.29 bits per heavy atom. The van der Waals surface area contributed by atoms with E-state index >= 15 is 0 Å². The Morgan fingerprint density at radius 3 is 1.92 bits per heavy atom. The van der Waals surface area contributed by atoms with E-state index in [1.54, 1.807) is 0 Å². The zero-order valence-electron chi connectivity index (χ0n) is 13.6. The second kappa shape index (κ2) is 8.23. The molecule has 0 aromatic heterocycles. The average molecular weight is 315 g/mol. The van der Waals surface area contributed by atoms with Gasteiger partial charge in [-0.3, -0.25) is 4.79 Å². The molecule has 3 aromatic carbocycles. The van der Waals surface area contributed by atoms with Gasteiger partial charge in [0.25, 0.3) is 0 Å². The molecule has 0 radical (unpaired) electrons. The highest BCUT2D eigenvalue weighted by molar-refractivity contribution is 6.00. The molecule has 0 saturated heterocycles. The zero-order valence-corrected chi connectivity index (χ0v) is 13.6. The van der Waals surface area contributed by atoms with Crippen molar-refractivity contribution in [3.8, 4) is 0 Å². The lowest BCUT2D eigenvalue weighted by molar-refractivity contribution is 0.0943. The third kappa shape index (κ3) is 4.18. The van der Waals surface area contributed by atoms with Crippen molar-refractivity contribution in [3.63, 3.8) is 0 Å². The lowest BCUT2D eigenvalue weighted by Crippen LogP contribution is -2.30. The molecule has 0 heterocycles. The smallest absolute Gasteiger partial charge is 0.184 e. The van der Waals surface area contributed by atoms with Crippen molar-refractivity contribution in [2.75, 3.05) is 6.54 Å². The minimum Gasteiger partial charge on any atom is -0.303 e. The first-order valence-corrected chi connectivity index (χ1v) is 8.26. The van der Waals surface area contributed by atoms with E-state index < -0.39 is 0 Å². The van der Waals surface area contributed by atoms with Crippen LogP contribution in [0.2, 0.25) is 0 Å². The normalized spacial score (nSPS) is 11.8. The molecule has 3 rings (SSSR count). The number of ketones is 1. The first-order chi connectivity index (χ1) is 11.8. The number of carbonyl (C=O) groups is 1. The molecule has 0 aliphatic rings. The van der Waals surface area contributed by atoms with Crippen molar-refractivity contribution in [3.05, 3.63) is 108 Å². The van der Waals surface area contributed by atoms with Gasteiger partial charge in [0.15, 0.2) is 5.78 Å². The second-order valence-electron chi connectivity index (χ2n) is 5.76. The summed E-state index contributed by atoms with van der Waals surface area (Å²) in [5, 5.41) is 3.43. The van der Waals surface area contributed by atoms with E-state index in [2.05, 4.69) is 17.4 Å². The average Bonchev–Trinajstić information content (AvgIpc) is 2.67. The summed E-state index contributed by atoms with van der Waals surface area (Å²) in [6.07, 6.45) is 0.895. The van der Waals surface area contributed by atoms with Crippen LogP contribution in [0.3, 0.4) is 0 Å². The van der Waals surface area contributed by atoms with E-state index in [0.717, 1.165) is 24.1 Å². The Kier molecular flexibility index (Phi) is 5.54.